The highest BCUT2D eigenvalue weighted by Crippen LogP contribution is 2.19. The number of amides is 1. The molecule has 0 bridgehead atoms. The average molecular weight is 438 g/mol. The Hall–Kier alpha value is -1.50. The number of aliphatic imine (C=N–C) groups is 1. The van der Waals surface area contributed by atoms with Crippen molar-refractivity contribution < 1.29 is 9.53 Å². The Bertz CT molecular complexity index is 533. The zero-order valence-electron chi connectivity index (χ0n) is 20.5. The summed E-state index contributed by atoms with van der Waals surface area (Å²) in [7, 11) is 0. The molecule has 7 heteroatoms. The summed E-state index contributed by atoms with van der Waals surface area (Å²) < 4.78 is 5.37. The van der Waals surface area contributed by atoms with Crippen LogP contribution in [-0.4, -0.2) is 67.4 Å². The molecule has 0 atom stereocenters. The lowest BCUT2D eigenvalue weighted by Crippen LogP contribution is -2.48. The molecule has 2 fully saturated rings. The summed E-state index contributed by atoms with van der Waals surface area (Å²) in [6, 6.07) is 0.612. The van der Waals surface area contributed by atoms with Crippen LogP contribution in [0.2, 0.25) is 0 Å². The number of carbonyl (C=O) groups is 1. The first kappa shape index (κ1) is 25.8. The molecule has 2 aliphatic rings. The van der Waals surface area contributed by atoms with Crippen LogP contribution >= 0.6 is 0 Å². The van der Waals surface area contributed by atoms with E-state index in [9.17, 15) is 4.79 Å². The lowest BCUT2D eigenvalue weighted by atomic mass is 9.91. The molecule has 180 valence electrons. The van der Waals surface area contributed by atoms with E-state index in [-0.39, 0.29) is 12.1 Å². The summed E-state index contributed by atoms with van der Waals surface area (Å²) in [6.45, 7) is 13.4. The van der Waals surface area contributed by atoms with E-state index >= 15 is 0 Å². The van der Waals surface area contributed by atoms with Crippen molar-refractivity contribution in [2.24, 2.45) is 4.99 Å². The van der Waals surface area contributed by atoms with E-state index in [1.54, 1.807) is 0 Å². The fourth-order valence-corrected chi connectivity index (χ4v) is 4.37. The predicted molar refractivity (Wildman–Crippen MR) is 129 cm³/mol. The number of nitrogens with one attached hydrogen (secondary N) is 3. The molecule has 0 aromatic heterocycles. The van der Waals surface area contributed by atoms with Gasteiger partial charge in [-0.2, -0.15) is 0 Å². The molecule has 1 amide bonds. The second-order valence-electron chi connectivity index (χ2n) is 10.1. The van der Waals surface area contributed by atoms with Crippen molar-refractivity contribution in [2.45, 2.75) is 110 Å². The van der Waals surface area contributed by atoms with Gasteiger partial charge in [0.1, 0.15) is 5.60 Å². The maximum Gasteiger partial charge on any atom is 0.407 e. The van der Waals surface area contributed by atoms with Gasteiger partial charge >= 0.3 is 6.09 Å². The first-order valence-corrected chi connectivity index (χ1v) is 12.6. The fourth-order valence-electron chi connectivity index (χ4n) is 4.37. The second-order valence-corrected chi connectivity index (χ2v) is 10.1. The molecule has 1 saturated heterocycles. The first-order chi connectivity index (χ1) is 14.9. The van der Waals surface area contributed by atoms with Crippen LogP contribution in [0.25, 0.3) is 0 Å². The van der Waals surface area contributed by atoms with Gasteiger partial charge in [0.25, 0.3) is 0 Å². The monoisotopic (exact) mass is 437 g/mol. The zero-order valence-corrected chi connectivity index (χ0v) is 20.5. The van der Waals surface area contributed by atoms with Crippen LogP contribution in [0.3, 0.4) is 0 Å². The van der Waals surface area contributed by atoms with Crippen LogP contribution in [0, 0.1) is 0 Å². The van der Waals surface area contributed by atoms with E-state index in [4.69, 9.17) is 9.73 Å². The molecule has 1 heterocycles. The summed E-state index contributed by atoms with van der Waals surface area (Å²) in [5, 5.41) is 9.99. The number of ether oxygens (including phenoxy) is 1. The Balaban J connectivity index is 1.61. The van der Waals surface area contributed by atoms with Crippen LogP contribution in [0.1, 0.15) is 91.9 Å². The van der Waals surface area contributed by atoms with Gasteiger partial charge in [-0.05, 0) is 98.7 Å². The molecule has 1 aliphatic carbocycles. The molecule has 1 saturated carbocycles. The van der Waals surface area contributed by atoms with E-state index in [2.05, 4.69) is 27.8 Å². The zero-order chi connectivity index (χ0) is 22.5. The van der Waals surface area contributed by atoms with Crippen molar-refractivity contribution in [3.05, 3.63) is 0 Å². The third-order valence-electron chi connectivity index (χ3n) is 5.98. The van der Waals surface area contributed by atoms with Gasteiger partial charge < -0.3 is 25.6 Å². The number of likely N-dealkylation sites (tertiary alicyclic amines) is 1. The molecule has 0 aromatic carbocycles. The summed E-state index contributed by atoms with van der Waals surface area (Å²) in [4.78, 5) is 19.4. The molecule has 7 nitrogen and oxygen atoms in total. The molecule has 31 heavy (non-hydrogen) atoms. The first-order valence-electron chi connectivity index (χ1n) is 12.6. The Morgan fingerprint density at radius 1 is 0.968 bits per heavy atom. The predicted octanol–water partition coefficient (Wildman–Crippen LogP) is 4.03. The molecule has 0 aromatic rings. The number of alkyl carbamates (subject to hydrolysis) is 1. The molecular weight excluding hydrogens is 390 g/mol. The molecule has 0 unspecified atom stereocenters. The molecule has 3 N–H and O–H groups in total. The molecule has 1 aliphatic heterocycles. The number of nitrogens with zero attached hydrogens (tertiary/aromatic N) is 2. The van der Waals surface area contributed by atoms with Gasteiger partial charge in [0.15, 0.2) is 5.96 Å². The number of piperidine rings is 1. The third-order valence-corrected chi connectivity index (χ3v) is 5.98. The SMILES string of the molecule is CCNC(=NCCCCCN1CCCCC1)NC1CCC(NC(=O)OC(C)(C)C)CC1. The van der Waals surface area contributed by atoms with E-state index in [1.165, 1.54) is 51.7 Å². The minimum Gasteiger partial charge on any atom is -0.444 e. The largest absolute Gasteiger partial charge is 0.444 e. The Labute approximate surface area is 190 Å². The second kappa shape index (κ2) is 13.8. The van der Waals surface area contributed by atoms with E-state index in [0.29, 0.717) is 6.04 Å². The van der Waals surface area contributed by atoms with Gasteiger partial charge in [-0.25, -0.2) is 4.79 Å². The van der Waals surface area contributed by atoms with Crippen LogP contribution in [0.4, 0.5) is 4.79 Å². The Kier molecular flexibility index (Phi) is 11.5. The van der Waals surface area contributed by atoms with E-state index in [1.807, 2.05) is 20.8 Å². The summed E-state index contributed by atoms with van der Waals surface area (Å²) >= 11 is 0. The van der Waals surface area contributed by atoms with Gasteiger partial charge in [0.05, 0.1) is 0 Å². The summed E-state index contributed by atoms with van der Waals surface area (Å²) in [5.74, 6) is 0.932. The van der Waals surface area contributed by atoms with Gasteiger partial charge in [-0.3, -0.25) is 4.99 Å². The number of rotatable bonds is 9. The van der Waals surface area contributed by atoms with Gasteiger partial charge in [0.2, 0.25) is 0 Å². The maximum atomic E-state index is 12.0. The number of hydrogen-bond acceptors (Lipinski definition) is 4. The van der Waals surface area contributed by atoms with Crippen LogP contribution < -0.4 is 16.0 Å². The highest BCUT2D eigenvalue weighted by molar-refractivity contribution is 5.80. The summed E-state index contributed by atoms with van der Waals surface area (Å²) in [5.41, 5.74) is -0.451. The van der Waals surface area contributed by atoms with Gasteiger partial charge in [-0.15, -0.1) is 0 Å². The number of hydrogen-bond donors (Lipinski definition) is 3. The van der Waals surface area contributed by atoms with Crippen LogP contribution in [-0.2, 0) is 4.74 Å². The van der Waals surface area contributed by atoms with Crippen LogP contribution in [0.15, 0.2) is 4.99 Å². The minimum atomic E-state index is -0.451. The third kappa shape index (κ3) is 11.6. The summed E-state index contributed by atoms with van der Waals surface area (Å²) in [6.07, 6.45) is 11.5. The number of carbonyl (C=O) groups excluding carboxylic acids is 1. The molecular formula is C24H47N5O2. The topological polar surface area (TPSA) is 78.0 Å². The van der Waals surface area contributed by atoms with Crippen molar-refractivity contribution >= 4 is 12.1 Å². The Morgan fingerprint density at radius 2 is 1.61 bits per heavy atom. The quantitative estimate of drug-likeness (QED) is 0.288. The molecule has 0 radical (unpaired) electrons. The number of guanidine groups is 1. The number of unbranched alkanes of at least 4 members (excludes halogenated alkanes) is 2. The maximum absolute atomic E-state index is 12.0. The van der Waals surface area contributed by atoms with Crippen molar-refractivity contribution in [2.75, 3.05) is 32.7 Å². The average Bonchev–Trinajstić information content (AvgIpc) is 2.71. The fraction of sp³-hybridized carbons (Fsp3) is 0.917. The highest BCUT2D eigenvalue weighted by Gasteiger charge is 2.25. The minimum absolute atomic E-state index is 0.201. The lowest BCUT2D eigenvalue weighted by molar-refractivity contribution is 0.0490. The smallest absolute Gasteiger partial charge is 0.407 e. The van der Waals surface area contributed by atoms with Gasteiger partial charge in [0, 0.05) is 25.2 Å². The van der Waals surface area contributed by atoms with Crippen molar-refractivity contribution in [1.82, 2.24) is 20.9 Å². The Morgan fingerprint density at radius 3 is 2.23 bits per heavy atom. The van der Waals surface area contributed by atoms with Crippen LogP contribution in [0.5, 0.6) is 0 Å². The van der Waals surface area contributed by atoms with E-state index < -0.39 is 5.60 Å². The van der Waals surface area contributed by atoms with Crippen molar-refractivity contribution in [3.8, 4) is 0 Å². The van der Waals surface area contributed by atoms with Gasteiger partial charge in [-0.1, -0.05) is 12.8 Å². The lowest BCUT2D eigenvalue weighted by Gasteiger charge is -2.31. The molecule has 0 spiro atoms. The van der Waals surface area contributed by atoms with Crippen molar-refractivity contribution in [1.29, 1.82) is 0 Å². The molecule has 2 rings (SSSR count). The highest BCUT2D eigenvalue weighted by atomic mass is 16.6. The van der Waals surface area contributed by atoms with Crippen molar-refractivity contribution in [3.63, 3.8) is 0 Å². The standard InChI is InChI=1S/C24H47N5O2/c1-5-25-22(26-16-8-6-9-17-29-18-10-7-11-19-29)27-20-12-14-21(15-13-20)28-23(30)31-24(2,3)4/h20-21H,5-19H2,1-4H3,(H,28,30)(H2,25,26,27). The van der Waals surface area contributed by atoms with E-state index in [0.717, 1.165) is 51.2 Å². The normalized spacial score (nSPS) is 23.3.